The van der Waals surface area contributed by atoms with Crippen molar-refractivity contribution in [3.05, 3.63) is 63.1 Å². The van der Waals surface area contributed by atoms with Gasteiger partial charge in [-0.2, -0.15) is 0 Å². The van der Waals surface area contributed by atoms with E-state index in [1.807, 2.05) is 49.4 Å². The minimum absolute atomic E-state index is 0.294. The van der Waals surface area contributed by atoms with E-state index >= 15 is 0 Å². The molecule has 0 aliphatic rings. The van der Waals surface area contributed by atoms with Crippen molar-refractivity contribution in [2.24, 2.45) is 0 Å². The molecule has 0 bridgehead atoms. The predicted molar refractivity (Wildman–Crippen MR) is 84.5 cm³/mol. The van der Waals surface area contributed by atoms with E-state index in [2.05, 4.69) is 15.9 Å². The van der Waals surface area contributed by atoms with Gasteiger partial charge in [0.1, 0.15) is 5.75 Å². The normalized spacial score (nSPS) is 12.2. The summed E-state index contributed by atoms with van der Waals surface area (Å²) in [5.41, 5.74) is 1.88. The van der Waals surface area contributed by atoms with Gasteiger partial charge in [0.2, 0.25) is 0 Å². The molecule has 0 heterocycles. The monoisotopic (exact) mass is 358 g/mol. The highest BCUT2D eigenvalue weighted by Gasteiger charge is 2.16. The van der Waals surface area contributed by atoms with E-state index in [1.165, 1.54) is 0 Å². The minimum atomic E-state index is -0.294. The van der Waals surface area contributed by atoms with Gasteiger partial charge in [0.05, 0.1) is 12.0 Å². The molecule has 0 radical (unpaired) electrons. The number of hydrogen-bond donors (Lipinski definition) is 0. The Balaban J connectivity index is 2.42. The van der Waals surface area contributed by atoms with Gasteiger partial charge in [-0.05, 0) is 42.8 Å². The van der Waals surface area contributed by atoms with Gasteiger partial charge in [-0.1, -0.05) is 39.7 Å². The van der Waals surface area contributed by atoms with Gasteiger partial charge in [-0.3, -0.25) is 0 Å². The van der Waals surface area contributed by atoms with Gasteiger partial charge in [0, 0.05) is 15.1 Å². The van der Waals surface area contributed by atoms with Gasteiger partial charge >= 0.3 is 0 Å². The molecule has 1 atom stereocenters. The smallest absolute Gasteiger partial charge is 0.124 e. The predicted octanol–water partition coefficient (Wildman–Crippen LogP) is 5.83. The lowest BCUT2D eigenvalue weighted by atomic mass is 10.0. The molecule has 0 spiro atoms. The van der Waals surface area contributed by atoms with Crippen LogP contribution in [0.5, 0.6) is 5.75 Å². The summed E-state index contributed by atoms with van der Waals surface area (Å²) in [6, 6.07) is 13.4. The van der Waals surface area contributed by atoms with Crippen molar-refractivity contribution in [2.75, 3.05) is 6.61 Å². The van der Waals surface area contributed by atoms with Crippen LogP contribution in [0.3, 0.4) is 0 Å². The second-order valence-electron chi connectivity index (χ2n) is 4.03. The van der Waals surface area contributed by atoms with E-state index in [0.717, 1.165) is 21.3 Å². The molecular formula is C15H13BrCl2O. The number of ether oxygens (including phenoxy) is 1. The van der Waals surface area contributed by atoms with E-state index in [-0.39, 0.29) is 5.38 Å². The molecule has 0 fully saturated rings. The van der Waals surface area contributed by atoms with Crippen molar-refractivity contribution < 1.29 is 4.74 Å². The fraction of sp³-hybridized carbons (Fsp3) is 0.200. The Morgan fingerprint density at radius 2 is 2.00 bits per heavy atom. The molecule has 0 saturated heterocycles. The molecular weight excluding hydrogens is 347 g/mol. The Morgan fingerprint density at radius 3 is 2.68 bits per heavy atom. The van der Waals surface area contributed by atoms with E-state index in [0.29, 0.717) is 11.6 Å². The fourth-order valence-corrected chi connectivity index (χ4v) is 2.73. The van der Waals surface area contributed by atoms with Crippen molar-refractivity contribution in [3.8, 4) is 5.75 Å². The Labute approximate surface area is 131 Å². The third kappa shape index (κ3) is 3.65. The van der Waals surface area contributed by atoms with Crippen LogP contribution in [0.2, 0.25) is 5.02 Å². The van der Waals surface area contributed by atoms with Gasteiger partial charge in [-0.25, -0.2) is 0 Å². The number of hydrogen-bond acceptors (Lipinski definition) is 1. The molecule has 4 heteroatoms. The van der Waals surface area contributed by atoms with Crippen LogP contribution < -0.4 is 4.74 Å². The standard InChI is InChI=1S/C15H13BrCl2O/c1-2-19-14-7-6-11(16)9-13(14)15(18)10-4-3-5-12(17)8-10/h3-9,15H,2H2,1H3. The highest BCUT2D eigenvalue weighted by molar-refractivity contribution is 9.10. The lowest BCUT2D eigenvalue weighted by Gasteiger charge is -2.16. The zero-order valence-corrected chi connectivity index (χ0v) is 13.5. The summed E-state index contributed by atoms with van der Waals surface area (Å²) in [7, 11) is 0. The fourth-order valence-electron chi connectivity index (χ4n) is 1.85. The van der Waals surface area contributed by atoms with Crippen molar-refractivity contribution in [1.29, 1.82) is 0 Å². The maximum Gasteiger partial charge on any atom is 0.124 e. The maximum absolute atomic E-state index is 6.56. The van der Waals surface area contributed by atoms with Gasteiger partial charge in [0.15, 0.2) is 0 Å². The van der Waals surface area contributed by atoms with Crippen LogP contribution in [0.15, 0.2) is 46.9 Å². The second-order valence-corrected chi connectivity index (χ2v) is 5.82. The van der Waals surface area contributed by atoms with Crippen molar-refractivity contribution in [3.63, 3.8) is 0 Å². The zero-order valence-electron chi connectivity index (χ0n) is 10.4. The Hall–Kier alpha value is -0.700. The topological polar surface area (TPSA) is 9.23 Å². The van der Waals surface area contributed by atoms with Crippen LogP contribution in [-0.2, 0) is 0 Å². The number of rotatable bonds is 4. The first-order chi connectivity index (χ1) is 9.11. The summed E-state index contributed by atoms with van der Waals surface area (Å²) in [6.45, 7) is 2.56. The zero-order chi connectivity index (χ0) is 13.8. The average Bonchev–Trinajstić information content (AvgIpc) is 2.40. The van der Waals surface area contributed by atoms with Crippen LogP contribution in [0.25, 0.3) is 0 Å². The first-order valence-corrected chi connectivity index (χ1v) is 7.54. The van der Waals surface area contributed by atoms with Gasteiger partial charge in [0.25, 0.3) is 0 Å². The highest BCUT2D eigenvalue weighted by atomic mass is 79.9. The minimum Gasteiger partial charge on any atom is -0.494 e. The maximum atomic E-state index is 6.56. The molecule has 0 saturated carbocycles. The van der Waals surface area contributed by atoms with E-state index < -0.39 is 0 Å². The first-order valence-electron chi connectivity index (χ1n) is 5.93. The van der Waals surface area contributed by atoms with E-state index in [1.54, 1.807) is 0 Å². The molecule has 0 amide bonds. The lowest BCUT2D eigenvalue weighted by molar-refractivity contribution is 0.337. The van der Waals surface area contributed by atoms with Crippen LogP contribution in [0.1, 0.15) is 23.4 Å². The molecule has 1 nitrogen and oxygen atoms in total. The Morgan fingerprint density at radius 1 is 1.21 bits per heavy atom. The highest BCUT2D eigenvalue weighted by Crippen LogP contribution is 2.37. The van der Waals surface area contributed by atoms with Crippen LogP contribution in [-0.4, -0.2) is 6.61 Å². The van der Waals surface area contributed by atoms with Gasteiger partial charge < -0.3 is 4.74 Å². The summed E-state index contributed by atoms with van der Waals surface area (Å²) >= 11 is 16.0. The summed E-state index contributed by atoms with van der Waals surface area (Å²) in [5.74, 6) is 0.797. The van der Waals surface area contributed by atoms with Crippen LogP contribution in [0.4, 0.5) is 0 Å². The number of halogens is 3. The molecule has 0 N–H and O–H groups in total. The molecule has 1 unspecified atom stereocenters. The van der Waals surface area contributed by atoms with Crippen LogP contribution in [0, 0.1) is 0 Å². The third-order valence-electron chi connectivity index (χ3n) is 2.69. The number of alkyl halides is 1. The van der Waals surface area contributed by atoms with Crippen molar-refractivity contribution in [2.45, 2.75) is 12.3 Å². The second kappa shape index (κ2) is 6.65. The molecule has 19 heavy (non-hydrogen) atoms. The first kappa shape index (κ1) is 14.7. The summed E-state index contributed by atoms with van der Waals surface area (Å²) < 4.78 is 6.60. The van der Waals surface area contributed by atoms with E-state index in [9.17, 15) is 0 Å². The molecule has 2 rings (SSSR count). The van der Waals surface area contributed by atoms with E-state index in [4.69, 9.17) is 27.9 Å². The summed E-state index contributed by atoms with van der Waals surface area (Å²) in [5, 5.41) is 0.383. The average molecular weight is 360 g/mol. The lowest BCUT2D eigenvalue weighted by Crippen LogP contribution is -2.00. The summed E-state index contributed by atoms with van der Waals surface area (Å²) in [6.07, 6.45) is 0. The molecule has 2 aromatic carbocycles. The third-order valence-corrected chi connectivity index (χ3v) is 3.90. The Kier molecular flexibility index (Phi) is 5.14. The van der Waals surface area contributed by atoms with Crippen LogP contribution >= 0.6 is 39.1 Å². The Bertz CT molecular complexity index is 572. The van der Waals surface area contributed by atoms with Crippen molar-refractivity contribution >= 4 is 39.1 Å². The van der Waals surface area contributed by atoms with Crippen molar-refractivity contribution in [1.82, 2.24) is 0 Å². The number of benzene rings is 2. The largest absolute Gasteiger partial charge is 0.494 e. The molecule has 0 aromatic heterocycles. The summed E-state index contributed by atoms with van der Waals surface area (Å²) in [4.78, 5) is 0. The molecule has 100 valence electrons. The molecule has 0 aliphatic carbocycles. The molecule has 0 aliphatic heterocycles. The quantitative estimate of drug-likeness (QED) is 0.624. The van der Waals surface area contributed by atoms with Gasteiger partial charge in [-0.15, -0.1) is 11.6 Å². The SMILES string of the molecule is CCOc1ccc(Br)cc1C(Cl)c1cccc(Cl)c1. The molecule has 2 aromatic rings.